The highest BCUT2D eigenvalue weighted by Gasteiger charge is 2.41. The molecule has 6 heteroatoms. The first-order valence-corrected chi connectivity index (χ1v) is 5.89. The fourth-order valence-electron chi connectivity index (χ4n) is 2.48. The van der Waals surface area contributed by atoms with Gasteiger partial charge in [0.15, 0.2) is 0 Å². The van der Waals surface area contributed by atoms with E-state index in [4.69, 9.17) is 5.11 Å². The van der Waals surface area contributed by atoms with Crippen LogP contribution in [-0.4, -0.2) is 17.4 Å². The van der Waals surface area contributed by atoms with Gasteiger partial charge in [-0.15, -0.1) is 13.2 Å². The molecule has 0 spiro atoms. The van der Waals surface area contributed by atoms with E-state index >= 15 is 0 Å². The summed E-state index contributed by atoms with van der Waals surface area (Å²) in [6, 6.07) is 5.61. The summed E-state index contributed by atoms with van der Waals surface area (Å²) in [7, 11) is 0. The van der Waals surface area contributed by atoms with Crippen molar-refractivity contribution in [3.63, 3.8) is 0 Å². The lowest BCUT2D eigenvalue weighted by atomic mass is 9.62. The smallest absolute Gasteiger partial charge is 0.481 e. The summed E-state index contributed by atoms with van der Waals surface area (Å²) in [5.41, 5.74) is 0.0551. The first-order valence-electron chi connectivity index (χ1n) is 5.89. The van der Waals surface area contributed by atoms with Crippen LogP contribution in [0.3, 0.4) is 0 Å². The fraction of sp³-hybridized carbons (Fsp3) is 0.462. The highest BCUT2D eigenvalue weighted by Crippen LogP contribution is 2.47. The van der Waals surface area contributed by atoms with Crippen LogP contribution in [0.5, 0.6) is 5.75 Å². The summed E-state index contributed by atoms with van der Waals surface area (Å²) in [4.78, 5) is 10.9. The molecular formula is C13H13F3O3. The molecule has 1 aliphatic carbocycles. The number of carboxylic acid groups (broad SMARTS) is 1. The molecule has 0 radical (unpaired) electrons. The van der Waals surface area contributed by atoms with Gasteiger partial charge in [-0.05, 0) is 30.5 Å². The van der Waals surface area contributed by atoms with Crippen LogP contribution in [-0.2, 0) is 10.2 Å². The lowest BCUT2D eigenvalue weighted by molar-refractivity contribution is -0.274. The number of halogens is 3. The molecule has 0 amide bonds. The van der Waals surface area contributed by atoms with Crippen LogP contribution in [0.15, 0.2) is 24.3 Å². The minimum atomic E-state index is -4.74. The van der Waals surface area contributed by atoms with Crippen LogP contribution in [0.2, 0.25) is 0 Å². The summed E-state index contributed by atoms with van der Waals surface area (Å²) in [5, 5.41) is 8.92. The number of hydrogen-bond acceptors (Lipinski definition) is 2. The van der Waals surface area contributed by atoms with Crippen molar-refractivity contribution in [2.24, 2.45) is 0 Å². The second kappa shape index (κ2) is 4.75. The minimum absolute atomic E-state index is 0.0670. The number of carboxylic acids is 1. The van der Waals surface area contributed by atoms with E-state index in [0.717, 1.165) is 6.42 Å². The number of hydrogen-bond donors (Lipinski definition) is 1. The van der Waals surface area contributed by atoms with Crippen LogP contribution in [0.25, 0.3) is 0 Å². The predicted octanol–water partition coefficient (Wildman–Crippen LogP) is 3.48. The number of ether oxygens (including phenoxy) is 1. The van der Waals surface area contributed by atoms with Crippen LogP contribution < -0.4 is 4.74 Å². The molecule has 1 fully saturated rings. The Morgan fingerprint density at radius 2 is 2.05 bits per heavy atom. The predicted molar refractivity (Wildman–Crippen MR) is 60.9 cm³/mol. The summed E-state index contributed by atoms with van der Waals surface area (Å²) >= 11 is 0. The highest BCUT2D eigenvalue weighted by molar-refractivity contribution is 5.69. The van der Waals surface area contributed by atoms with Crippen molar-refractivity contribution in [3.05, 3.63) is 29.8 Å². The van der Waals surface area contributed by atoms with Crippen molar-refractivity contribution in [2.45, 2.75) is 37.5 Å². The summed E-state index contributed by atoms with van der Waals surface area (Å²) in [5.74, 6) is -1.25. The molecule has 2 rings (SSSR count). The van der Waals surface area contributed by atoms with Crippen molar-refractivity contribution in [1.82, 2.24) is 0 Å². The van der Waals surface area contributed by atoms with E-state index in [1.807, 2.05) is 0 Å². The van der Waals surface area contributed by atoms with Gasteiger partial charge in [-0.2, -0.15) is 0 Å². The Labute approximate surface area is 108 Å². The first-order chi connectivity index (χ1) is 8.81. The van der Waals surface area contributed by atoms with E-state index in [-0.39, 0.29) is 12.2 Å². The maximum absolute atomic E-state index is 12.2. The quantitative estimate of drug-likeness (QED) is 0.914. The Hall–Kier alpha value is -1.72. The van der Waals surface area contributed by atoms with Crippen LogP contribution >= 0.6 is 0 Å². The van der Waals surface area contributed by atoms with Crippen LogP contribution in [0, 0.1) is 0 Å². The zero-order valence-electron chi connectivity index (χ0n) is 10.0. The van der Waals surface area contributed by atoms with Gasteiger partial charge in [0.2, 0.25) is 0 Å². The maximum atomic E-state index is 12.2. The molecule has 0 atom stereocenters. The molecule has 104 valence electrons. The lowest BCUT2D eigenvalue weighted by Crippen LogP contribution is -2.36. The van der Waals surface area contributed by atoms with Crippen molar-refractivity contribution in [3.8, 4) is 5.75 Å². The maximum Gasteiger partial charge on any atom is 0.573 e. The van der Waals surface area contributed by atoms with E-state index in [9.17, 15) is 18.0 Å². The molecule has 0 unspecified atom stereocenters. The van der Waals surface area contributed by atoms with Gasteiger partial charge in [0.1, 0.15) is 5.75 Å². The van der Waals surface area contributed by atoms with Gasteiger partial charge in [-0.25, -0.2) is 0 Å². The van der Waals surface area contributed by atoms with Crippen LogP contribution in [0.4, 0.5) is 13.2 Å². The normalized spacial score (nSPS) is 17.6. The highest BCUT2D eigenvalue weighted by atomic mass is 19.4. The molecular weight excluding hydrogens is 261 g/mol. The Balaban J connectivity index is 2.24. The van der Waals surface area contributed by atoms with Crippen molar-refractivity contribution >= 4 is 5.97 Å². The zero-order chi connectivity index (χ0) is 14.1. The average molecular weight is 274 g/mol. The Bertz CT molecular complexity index is 478. The summed E-state index contributed by atoms with van der Waals surface area (Å²) < 4.78 is 40.3. The third-order valence-corrected chi connectivity index (χ3v) is 3.48. The van der Waals surface area contributed by atoms with Crippen molar-refractivity contribution in [2.75, 3.05) is 0 Å². The van der Waals surface area contributed by atoms with Gasteiger partial charge >= 0.3 is 12.3 Å². The van der Waals surface area contributed by atoms with Crippen LogP contribution in [0.1, 0.15) is 31.2 Å². The third kappa shape index (κ3) is 3.19. The SMILES string of the molecule is O=C(O)CC1(c2cccc(OC(F)(F)F)c2)CCC1. The molecule has 3 nitrogen and oxygen atoms in total. The fourth-order valence-corrected chi connectivity index (χ4v) is 2.48. The van der Waals surface area contributed by atoms with Gasteiger partial charge in [0.25, 0.3) is 0 Å². The number of rotatable bonds is 4. The van der Waals surface area contributed by atoms with E-state index in [0.29, 0.717) is 18.4 Å². The topological polar surface area (TPSA) is 46.5 Å². The van der Waals surface area contributed by atoms with Crippen molar-refractivity contribution < 1.29 is 27.8 Å². The van der Waals surface area contributed by atoms with Gasteiger partial charge < -0.3 is 9.84 Å². The second-order valence-electron chi connectivity index (χ2n) is 4.78. The molecule has 1 aromatic carbocycles. The molecule has 0 saturated heterocycles. The first kappa shape index (κ1) is 13.7. The lowest BCUT2D eigenvalue weighted by Gasteiger charge is -2.41. The number of aliphatic carboxylic acids is 1. The summed E-state index contributed by atoms with van der Waals surface area (Å²) in [6.07, 6.45) is -2.57. The van der Waals surface area contributed by atoms with Gasteiger partial charge in [0, 0.05) is 5.41 Å². The monoisotopic (exact) mass is 274 g/mol. The van der Waals surface area contributed by atoms with Gasteiger partial charge in [0.05, 0.1) is 6.42 Å². The third-order valence-electron chi connectivity index (χ3n) is 3.48. The molecule has 0 bridgehead atoms. The Morgan fingerprint density at radius 1 is 1.37 bits per heavy atom. The standard InChI is InChI=1S/C13H13F3O3/c14-13(15,16)19-10-4-1-3-9(7-10)12(5-2-6-12)8-11(17)18/h1,3-4,7H,2,5-6,8H2,(H,17,18). The number of carbonyl (C=O) groups is 1. The molecule has 1 aromatic rings. The van der Waals surface area contributed by atoms with E-state index in [1.54, 1.807) is 6.07 Å². The van der Waals surface area contributed by atoms with E-state index < -0.39 is 17.7 Å². The second-order valence-corrected chi connectivity index (χ2v) is 4.78. The molecule has 0 aromatic heterocycles. The molecule has 1 saturated carbocycles. The van der Waals surface area contributed by atoms with Gasteiger partial charge in [-0.1, -0.05) is 18.6 Å². The number of alkyl halides is 3. The zero-order valence-corrected chi connectivity index (χ0v) is 10.0. The molecule has 0 aliphatic heterocycles. The Morgan fingerprint density at radius 3 is 2.53 bits per heavy atom. The van der Waals surface area contributed by atoms with E-state index in [1.165, 1.54) is 18.2 Å². The Kier molecular flexibility index (Phi) is 3.43. The average Bonchev–Trinajstić information content (AvgIpc) is 2.21. The largest absolute Gasteiger partial charge is 0.573 e. The number of benzene rings is 1. The minimum Gasteiger partial charge on any atom is -0.481 e. The summed E-state index contributed by atoms with van der Waals surface area (Å²) in [6.45, 7) is 0. The van der Waals surface area contributed by atoms with E-state index in [2.05, 4.69) is 4.74 Å². The van der Waals surface area contributed by atoms with Gasteiger partial charge in [-0.3, -0.25) is 4.79 Å². The molecule has 19 heavy (non-hydrogen) atoms. The molecule has 0 heterocycles. The molecule has 1 N–H and O–H groups in total. The van der Waals surface area contributed by atoms with Crippen molar-refractivity contribution in [1.29, 1.82) is 0 Å². The molecule has 1 aliphatic rings.